The lowest BCUT2D eigenvalue weighted by atomic mass is 9.87. The van der Waals surface area contributed by atoms with Gasteiger partial charge in [0.15, 0.2) is 11.5 Å². The minimum Gasteiger partial charge on any atom is -0.390 e. The fraction of sp³-hybridized carbons (Fsp3) is 0.429. The van der Waals surface area contributed by atoms with Crippen LogP contribution in [-0.2, 0) is 0 Å². The van der Waals surface area contributed by atoms with E-state index in [4.69, 9.17) is 5.73 Å². The summed E-state index contributed by atoms with van der Waals surface area (Å²) in [5.41, 5.74) is 7.28. The number of nitrogens with two attached hydrogens (primary N) is 1. The van der Waals surface area contributed by atoms with Gasteiger partial charge in [0.05, 0.1) is 17.5 Å². The van der Waals surface area contributed by atoms with Gasteiger partial charge in [-0.1, -0.05) is 19.3 Å². The van der Waals surface area contributed by atoms with Crippen LogP contribution in [0.25, 0.3) is 22.4 Å². The lowest BCUT2D eigenvalue weighted by Gasteiger charge is -2.27. The number of nitrogen functional groups attached to an aromatic ring is 1. The van der Waals surface area contributed by atoms with Gasteiger partial charge >= 0.3 is 0 Å². The predicted molar refractivity (Wildman–Crippen MR) is 118 cm³/mol. The van der Waals surface area contributed by atoms with E-state index in [0.717, 1.165) is 23.6 Å². The summed E-state index contributed by atoms with van der Waals surface area (Å²) in [4.78, 5) is 8.08. The molecule has 0 aliphatic heterocycles. The van der Waals surface area contributed by atoms with Crippen molar-refractivity contribution in [2.24, 2.45) is 0 Å². The van der Waals surface area contributed by atoms with E-state index in [1.165, 1.54) is 19.3 Å². The minimum absolute atomic E-state index is 0.118. The highest BCUT2D eigenvalue weighted by Gasteiger charge is 2.22. The normalized spacial score (nSPS) is 15.7. The minimum atomic E-state index is -2.66. The van der Waals surface area contributed by atoms with Crippen molar-refractivity contribution in [3.05, 3.63) is 36.3 Å². The Morgan fingerprint density at radius 1 is 1.16 bits per heavy atom. The van der Waals surface area contributed by atoms with Crippen LogP contribution in [0.4, 0.5) is 20.5 Å². The van der Waals surface area contributed by atoms with Crippen LogP contribution < -0.4 is 11.1 Å². The molecule has 0 aromatic carbocycles. The SMILES string of the molecule is CC1(O)CCCCC1.CNc1nc(N)nn2ccc(-c3ccc4ncc(C(F)F)n4n3)c12. The molecule has 1 aliphatic carbocycles. The number of alkyl halides is 2. The molecule has 32 heavy (non-hydrogen) atoms. The Kier molecular flexibility index (Phi) is 5.92. The van der Waals surface area contributed by atoms with Crippen LogP contribution in [0.2, 0.25) is 0 Å². The number of nitrogens with zero attached hydrogens (tertiary/aromatic N) is 6. The first kappa shape index (κ1) is 21.9. The van der Waals surface area contributed by atoms with E-state index in [1.54, 1.807) is 36.0 Å². The van der Waals surface area contributed by atoms with Crippen molar-refractivity contribution in [1.82, 2.24) is 29.2 Å². The van der Waals surface area contributed by atoms with Crippen LogP contribution in [0.3, 0.4) is 0 Å². The molecule has 5 rings (SSSR count). The number of nitrogens with one attached hydrogen (secondary N) is 1. The maximum atomic E-state index is 13.1. The molecule has 170 valence electrons. The van der Waals surface area contributed by atoms with Gasteiger partial charge in [-0.2, -0.15) is 10.1 Å². The summed E-state index contributed by atoms with van der Waals surface area (Å²) in [6, 6.07) is 5.12. The van der Waals surface area contributed by atoms with E-state index in [-0.39, 0.29) is 17.2 Å². The highest BCUT2D eigenvalue weighted by atomic mass is 19.3. The Morgan fingerprint density at radius 2 is 1.91 bits per heavy atom. The maximum absolute atomic E-state index is 13.1. The van der Waals surface area contributed by atoms with Crippen LogP contribution >= 0.6 is 0 Å². The van der Waals surface area contributed by atoms with E-state index in [0.29, 0.717) is 28.2 Å². The molecule has 4 N–H and O–H groups in total. The number of rotatable bonds is 3. The average Bonchev–Trinajstić information content (AvgIpc) is 3.37. The number of fused-ring (bicyclic) bond motifs is 2. The molecule has 0 atom stereocenters. The zero-order valence-corrected chi connectivity index (χ0v) is 18.0. The van der Waals surface area contributed by atoms with Crippen LogP contribution in [0.15, 0.2) is 30.6 Å². The van der Waals surface area contributed by atoms with Gasteiger partial charge in [-0.3, -0.25) is 0 Å². The molecule has 1 saturated carbocycles. The summed E-state index contributed by atoms with van der Waals surface area (Å²) in [5, 5.41) is 20.7. The zero-order chi connectivity index (χ0) is 22.9. The molecule has 0 bridgehead atoms. The van der Waals surface area contributed by atoms with Crippen molar-refractivity contribution in [2.75, 3.05) is 18.1 Å². The molecule has 4 aromatic rings. The van der Waals surface area contributed by atoms with Gasteiger partial charge in [0.25, 0.3) is 6.43 Å². The molecular weight excluding hydrogens is 418 g/mol. The molecule has 0 amide bonds. The molecule has 1 fully saturated rings. The lowest BCUT2D eigenvalue weighted by Crippen LogP contribution is -2.26. The number of halogens is 2. The first-order valence-electron chi connectivity index (χ1n) is 10.5. The van der Waals surface area contributed by atoms with E-state index < -0.39 is 6.43 Å². The first-order valence-corrected chi connectivity index (χ1v) is 10.5. The van der Waals surface area contributed by atoms with Gasteiger partial charge < -0.3 is 16.2 Å². The maximum Gasteiger partial charge on any atom is 0.282 e. The summed E-state index contributed by atoms with van der Waals surface area (Å²) in [7, 11) is 1.71. The quantitative estimate of drug-likeness (QED) is 0.441. The molecule has 11 heteroatoms. The van der Waals surface area contributed by atoms with Crippen LogP contribution in [0.5, 0.6) is 0 Å². The fourth-order valence-electron chi connectivity index (χ4n) is 3.92. The molecule has 0 spiro atoms. The molecule has 1 aliphatic rings. The van der Waals surface area contributed by atoms with E-state index in [9.17, 15) is 13.9 Å². The number of imidazole rings is 1. The number of anilines is 2. The molecule has 9 nitrogen and oxygen atoms in total. The van der Waals surface area contributed by atoms with Crippen molar-refractivity contribution in [2.45, 2.75) is 51.1 Å². The third kappa shape index (κ3) is 4.33. The number of hydrogen-bond donors (Lipinski definition) is 3. The third-order valence-corrected chi connectivity index (χ3v) is 5.58. The summed E-state index contributed by atoms with van der Waals surface area (Å²) < 4.78 is 28.8. The van der Waals surface area contributed by atoms with Gasteiger partial charge in [-0.05, 0) is 38.0 Å². The molecule has 0 radical (unpaired) electrons. The monoisotopic (exact) mass is 444 g/mol. The predicted octanol–water partition coefficient (Wildman–Crippen LogP) is 3.70. The van der Waals surface area contributed by atoms with Crippen molar-refractivity contribution < 1.29 is 13.9 Å². The van der Waals surface area contributed by atoms with Crippen molar-refractivity contribution in [3.8, 4) is 11.3 Å². The number of hydrogen-bond acceptors (Lipinski definition) is 7. The van der Waals surface area contributed by atoms with Gasteiger partial charge in [-0.15, -0.1) is 5.10 Å². The van der Waals surface area contributed by atoms with Crippen LogP contribution in [-0.4, -0.2) is 47.0 Å². The highest BCUT2D eigenvalue weighted by Crippen LogP contribution is 2.29. The highest BCUT2D eigenvalue weighted by molar-refractivity contribution is 5.87. The second kappa shape index (κ2) is 8.65. The molecule has 4 aromatic heterocycles. The topological polar surface area (TPSA) is 119 Å². The Balaban J connectivity index is 0.000000260. The standard InChI is InChI=1S/C14H12F2N8.C7H14O/c1-18-13-11-7(4-5-23(11)22-14(17)20-13)8-2-3-10-19-6-9(12(15)16)24(10)21-8;1-7(8)5-3-2-4-6-7/h2-6,12H,1H3,(H3,17,18,20,22);8H,2-6H2,1H3. The largest absolute Gasteiger partial charge is 0.390 e. The second-order valence-electron chi connectivity index (χ2n) is 8.12. The molecular formula is C21H26F2N8O. The van der Waals surface area contributed by atoms with Crippen molar-refractivity contribution in [1.29, 1.82) is 0 Å². The number of aromatic nitrogens is 6. The molecule has 4 heterocycles. The fourth-order valence-corrected chi connectivity index (χ4v) is 3.92. The van der Waals surface area contributed by atoms with E-state index in [1.807, 2.05) is 6.92 Å². The summed E-state index contributed by atoms with van der Waals surface area (Å²) in [5.74, 6) is 0.635. The smallest absolute Gasteiger partial charge is 0.282 e. The Morgan fingerprint density at radius 3 is 2.53 bits per heavy atom. The molecule has 0 unspecified atom stereocenters. The second-order valence-corrected chi connectivity index (χ2v) is 8.12. The number of aliphatic hydroxyl groups is 1. The summed E-state index contributed by atoms with van der Waals surface area (Å²) in [6.07, 6.45) is 5.93. The van der Waals surface area contributed by atoms with Gasteiger partial charge in [0.1, 0.15) is 11.2 Å². The van der Waals surface area contributed by atoms with Gasteiger partial charge in [-0.25, -0.2) is 22.8 Å². The van der Waals surface area contributed by atoms with Crippen LogP contribution in [0.1, 0.15) is 51.1 Å². The van der Waals surface area contributed by atoms with Gasteiger partial charge in [0, 0.05) is 18.8 Å². The lowest BCUT2D eigenvalue weighted by molar-refractivity contribution is 0.0225. The van der Waals surface area contributed by atoms with Crippen molar-refractivity contribution >= 4 is 22.9 Å². The Labute approximate surface area is 183 Å². The summed E-state index contributed by atoms with van der Waals surface area (Å²) >= 11 is 0. The zero-order valence-electron chi connectivity index (χ0n) is 18.0. The average molecular weight is 444 g/mol. The van der Waals surface area contributed by atoms with Crippen LogP contribution in [0, 0.1) is 0 Å². The molecule has 0 saturated heterocycles. The Hall–Kier alpha value is -3.34. The Bertz CT molecular complexity index is 1230. The first-order chi connectivity index (χ1) is 15.3. The van der Waals surface area contributed by atoms with E-state index >= 15 is 0 Å². The van der Waals surface area contributed by atoms with Gasteiger partial charge in [0.2, 0.25) is 5.95 Å². The third-order valence-electron chi connectivity index (χ3n) is 5.58. The van der Waals surface area contributed by atoms with E-state index in [2.05, 4.69) is 25.5 Å². The summed E-state index contributed by atoms with van der Waals surface area (Å²) in [6.45, 7) is 1.94. The van der Waals surface area contributed by atoms with Crippen molar-refractivity contribution in [3.63, 3.8) is 0 Å².